The molecule has 0 aromatic carbocycles. The van der Waals surface area contributed by atoms with E-state index in [2.05, 4.69) is 64.6 Å². The summed E-state index contributed by atoms with van der Waals surface area (Å²) in [5.74, 6) is 2.51. The van der Waals surface area contributed by atoms with Crippen LogP contribution in [-0.2, 0) is 6.42 Å². The van der Waals surface area contributed by atoms with E-state index < -0.39 is 0 Å². The molecule has 0 saturated carbocycles. The van der Waals surface area contributed by atoms with E-state index in [1.165, 1.54) is 11.3 Å². The Morgan fingerprint density at radius 1 is 1.30 bits per heavy atom. The Bertz CT molecular complexity index is 836. The molecule has 6 heteroatoms. The van der Waals surface area contributed by atoms with Crippen molar-refractivity contribution in [1.29, 1.82) is 0 Å². The molecule has 0 fully saturated rings. The summed E-state index contributed by atoms with van der Waals surface area (Å²) in [7, 11) is 0. The predicted octanol–water partition coefficient (Wildman–Crippen LogP) is 3.69. The highest BCUT2D eigenvalue weighted by atomic mass is 15.1. The first kappa shape index (κ1) is 17.8. The van der Waals surface area contributed by atoms with Crippen molar-refractivity contribution < 1.29 is 0 Å². The van der Waals surface area contributed by atoms with Crippen LogP contribution in [0.25, 0.3) is 0 Å². The lowest BCUT2D eigenvalue weighted by Crippen LogP contribution is -2.37. The van der Waals surface area contributed by atoms with Crippen molar-refractivity contribution in [2.75, 3.05) is 17.2 Å². The predicted molar refractivity (Wildman–Crippen MR) is 110 cm³/mol. The van der Waals surface area contributed by atoms with E-state index in [0.717, 1.165) is 25.2 Å². The second kappa shape index (κ2) is 7.18. The largest absolute Gasteiger partial charge is 0.367 e. The monoisotopic (exact) mass is 364 g/mol. The molecule has 0 amide bonds. The van der Waals surface area contributed by atoms with Gasteiger partial charge in [-0.3, -0.25) is 4.99 Å². The highest BCUT2D eigenvalue weighted by Gasteiger charge is 2.40. The van der Waals surface area contributed by atoms with Gasteiger partial charge in [0.05, 0.1) is 5.54 Å². The van der Waals surface area contributed by atoms with Gasteiger partial charge >= 0.3 is 0 Å². The van der Waals surface area contributed by atoms with Crippen LogP contribution >= 0.6 is 0 Å². The Hall–Kier alpha value is -2.63. The highest BCUT2D eigenvalue weighted by molar-refractivity contribution is 6.00. The Morgan fingerprint density at radius 3 is 3.00 bits per heavy atom. The number of hydrogen-bond acceptors (Lipinski definition) is 5. The van der Waals surface area contributed by atoms with Gasteiger partial charge in [0.25, 0.3) is 0 Å². The van der Waals surface area contributed by atoms with E-state index in [4.69, 9.17) is 4.99 Å². The number of allylic oxidation sites excluding steroid dienone is 1. The second-order valence-corrected chi connectivity index (χ2v) is 8.21. The van der Waals surface area contributed by atoms with Gasteiger partial charge in [-0.2, -0.15) is 4.98 Å². The van der Waals surface area contributed by atoms with Crippen LogP contribution in [-0.4, -0.2) is 38.8 Å². The number of fused-ring (bicyclic) bond motifs is 1. The molecule has 3 heterocycles. The molecule has 4 rings (SSSR count). The van der Waals surface area contributed by atoms with Crippen molar-refractivity contribution >= 4 is 17.5 Å². The maximum Gasteiger partial charge on any atom is 0.224 e. The molecule has 3 unspecified atom stereocenters. The normalized spacial score (nSPS) is 25.7. The van der Waals surface area contributed by atoms with Gasteiger partial charge in [-0.05, 0) is 56.4 Å². The van der Waals surface area contributed by atoms with Gasteiger partial charge in [0.15, 0.2) is 0 Å². The minimum absolute atomic E-state index is 0.0545. The minimum Gasteiger partial charge on any atom is -0.367 e. The van der Waals surface area contributed by atoms with E-state index in [-0.39, 0.29) is 11.6 Å². The lowest BCUT2D eigenvalue weighted by atomic mass is 9.77. The molecule has 0 radical (unpaired) electrons. The van der Waals surface area contributed by atoms with E-state index in [0.29, 0.717) is 17.8 Å². The summed E-state index contributed by atoms with van der Waals surface area (Å²) >= 11 is 0. The number of aromatic amines is 1. The van der Waals surface area contributed by atoms with Gasteiger partial charge in [0, 0.05) is 42.8 Å². The van der Waals surface area contributed by atoms with Crippen LogP contribution in [0, 0.1) is 11.8 Å². The summed E-state index contributed by atoms with van der Waals surface area (Å²) in [4.78, 5) is 16.9. The van der Waals surface area contributed by atoms with Gasteiger partial charge in [-0.25, -0.2) is 4.98 Å². The fourth-order valence-electron chi connectivity index (χ4n) is 4.07. The molecule has 142 valence electrons. The molecular formula is C21H28N6. The van der Waals surface area contributed by atoms with Crippen LogP contribution in [0.1, 0.15) is 32.8 Å². The van der Waals surface area contributed by atoms with Gasteiger partial charge in [0.1, 0.15) is 5.82 Å². The van der Waals surface area contributed by atoms with E-state index >= 15 is 0 Å². The summed E-state index contributed by atoms with van der Waals surface area (Å²) in [5, 5.41) is 6.88. The number of rotatable bonds is 6. The van der Waals surface area contributed by atoms with E-state index in [1.807, 2.05) is 18.5 Å². The zero-order chi connectivity index (χ0) is 18.9. The topological polar surface area (TPSA) is 78.0 Å². The van der Waals surface area contributed by atoms with Crippen molar-refractivity contribution in [2.24, 2.45) is 16.8 Å². The minimum atomic E-state index is 0.0545. The number of aliphatic imine (C=N–C) groups is 1. The van der Waals surface area contributed by atoms with Crippen molar-refractivity contribution in [2.45, 2.75) is 45.2 Å². The molecule has 1 aliphatic heterocycles. The van der Waals surface area contributed by atoms with Crippen molar-refractivity contribution in [3.8, 4) is 0 Å². The quantitative estimate of drug-likeness (QED) is 0.730. The Morgan fingerprint density at radius 2 is 2.19 bits per heavy atom. The molecule has 3 N–H and O–H groups in total. The zero-order valence-electron chi connectivity index (χ0n) is 16.2. The highest BCUT2D eigenvalue weighted by Crippen LogP contribution is 2.39. The van der Waals surface area contributed by atoms with Crippen molar-refractivity contribution in [3.63, 3.8) is 0 Å². The maximum absolute atomic E-state index is 4.87. The van der Waals surface area contributed by atoms with Crippen LogP contribution in [0.2, 0.25) is 0 Å². The van der Waals surface area contributed by atoms with Gasteiger partial charge in [-0.15, -0.1) is 0 Å². The average Bonchev–Trinajstić information content (AvgIpc) is 3.25. The Kier molecular flexibility index (Phi) is 4.72. The third-order valence-corrected chi connectivity index (χ3v) is 5.54. The number of nitrogens with zero attached hydrogens (tertiary/aromatic N) is 3. The molecule has 6 nitrogen and oxygen atoms in total. The molecule has 0 bridgehead atoms. The third kappa shape index (κ3) is 4.04. The van der Waals surface area contributed by atoms with Crippen LogP contribution in [0.5, 0.6) is 0 Å². The fourth-order valence-corrected chi connectivity index (χ4v) is 4.07. The first-order valence-electron chi connectivity index (χ1n) is 9.73. The van der Waals surface area contributed by atoms with Gasteiger partial charge < -0.3 is 15.6 Å². The summed E-state index contributed by atoms with van der Waals surface area (Å²) in [6.07, 6.45) is 12.2. The average molecular weight is 364 g/mol. The fraction of sp³-hybridized carbons (Fsp3) is 0.476. The van der Waals surface area contributed by atoms with E-state index in [9.17, 15) is 0 Å². The first-order valence-corrected chi connectivity index (χ1v) is 9.73. The molecule has 1 aliphatic carbocycles. The Labute approximate surface area is 160 Å². The van der Waals surface area contributed by atoms with E-state index in [1.54, 1.807) is 6.20 Å². The first-order chi connectivity index (χ1) is 13.0. The van der Waals surface area contributed by atoms with Crippen LogP contribution < -0.4 is 10.6 Å². The lowest BCUT2D eigenvalue weighted by molar-refractivity contribution is 0.363. The molecular weight excluding hydrogens is 336 g/mol. The van der Waals surface area contributed by atoms with Gasteiger partial charge in [-0.1, -0.05) is 13.0 Å². The summed E-state index contributed by atoms with van der Waals surface area (Å²) < 4.78 is 0. The van der Waals surface area contributed by atoms with Crippen molar-refractivity contribution in [3.05, 3.63) is 48.4 Å². The maximum atomic E-state index is 4.87. The molecule has 0 saturated heterocycles. The molecule has 2 aromatic heterocycles. The number of anilines is 2. The molecule has 3 atom stereocenters. The summed E-state index contributed by atoms with van der Waals surface area (Å²) in [6, 6.07) is 4.27. The number of H-pyrrole nitrogens is 1. The van der Waals surface area contributed by atoms with Crippen molar-refractivity contribution in [1.82, 2.24) is 15.0 Å². The molecule has 2 aliphatic rings. The Balaban J connectivity index is 1.37. The number of nitrogens with one attached hydrogen (secondary N) is 3. The number of aromatic nitrogens is 3. The van der Waals surface area contributed by atoms with Crippen LogP contribution in [0.3, 0.4) is 0 Å². The van der Waals surface area contributed by atoms with Crippen LogP contribution in [0.4, 0.5) is 11.8 Å². The third-order valence-electron chi connectivity index (χ3n) is 5.54. The lowest BCUT2D eigenvalue weighted by Gasteiger charge is -2.32. The summed E-state index contributed by atoms with van der Waals surface area (Å²) in [5.41, 5.74) is 2.58. The molecule has 0 spiro atoms. The standard InChI is InChI=1S/C21H28N6/c1-14-16-12-21(2,3)27-18(16)5-4-17(14)25-19-8-11-24-20(26-19)23-10-7-15-6-9-22-13-15/h4-6,8-9,11,13-14,16-17,22H,7,10,12H2,1-3H3,(H2,23,24,25,26). The zero-order valence-corrected chi connectivity index (χ0v) is 16.2. The van der Waals surface area contributed by atoms with Crippen LogP contribution in [0.15, 0.2) is 47.9 Å². The smallest absolute Gasteiger partial charge is 0.224 e. The van der Waals surface area contributed by atoms with Gasteiger partial charge in [0.2, 0.25) is 5.95 Å². The molecule has 2 aromatic rings. The second-order valence-electron chi connectivity index (χ2n) is 8.21. The molecule has 27 heavy (non-hydrogen) atoms. The summed E-state index contributed by atoms with van der Waals surface area (Å²) in [6.45, 7) is 7.55. The number of hydrogen-bond donors (Lipinski definition) is 3. The SMILES string of the molecule is CC1C(Nc2ccnc(NCCc3cc[nH]c3)n2)C=CC2=NC(C)(C)CC21.